The normalized spacial score (nSPS) is 19.7. The second kappa shape index (κ2) is 7.53. The van der Waals surface area contributed by atoms with Crippen LogP contribution in [0.25, 0.3) is 0 Å². The van der Waals surface area contributed by atoms with Gasteiger partial charge in [-0.3, -0.25) is 9.59 Å². The molecule has 1 unspecified atom stereocenters. The summed E-state index contributed by atoms with van der Waals surface area (Å²) < 4.78 is 8.12. The monoisotopic (exact) mass is 523 g/mol. The van der Waals surface area contributed by atoms with Gasteiger partial charge in [0.1, 0.15) is 0 Å². The molecule has 31 heavy (non-hydrogen) atoms. The fraction of sp³-hybridized carbons (Fsp3) is 0.120. The number of hydrogen-bond donors (Lipinski definition) is 0. The summed E-state index contributed by atoms with van der Waals surface area (Å²) in [5.41, 5.74) is 0.567. The topological polar surface area (TPSA) is 49.9 Å². The predicted molar refractivity (Wildman–Crippen MR) is 115 cm³/mol. The molecule has 0 radical (unpaired) electrons. The van der Waals surface area contributed by atoms with Crippen molar-refractivity contribution >= 4 is 23.1 Å². The molecular weight excluding hydrogens is 503 g/mol. The van der Waals surface area contributed by atoms with Crippen LogP contribution in [0.2, 0.25) is 0 Å². The van der Waals surface area contributed by atoms with Crippen molar-refractivity contribution in [2.24, 2.45) is 0 Å². The quantitative estimate of drug-likeness (QED) is 0.374. The van der Waals surface area contributed by atoms with Crippen molar-refractivity contribution in [1.29, 1.82) is 0 Å². The molecule has 2 aliphatic heterocycles. The SMILES string of the molecule is CN(C1=C([I+]c2ccccc2)C(=O)C2(O1)C(=O)N(C)c1ccccc12)c1ccccc1. The first-order valence-corrected chi connectivity index (χ1v) is 12.0. The number of hydrogen-bond acceptors (Lipinski definition) is 4. The number of carbonyl (C=O) groups is 2. The molecule has 1 atom stereocenters. The third-order valence-corrected chi connectivity index (χ3v) is 8.42. The number of amides is 1. The van der Waals surface area contributed by atoms with Gasteiger partial charge in [0.25, 0.3) is 23.2 Å². The van der Waals surface area contributed by atoms with Crippen LogP contribution >= 0.6 is 0 Å². The van der Waals surface area contributed by atoms with Crippen LogP contribution in [-0.4, -0.2) is 25.8 Å². The molecule has 6 heteroatoms. The Labute approximate surface area is 191 Å². The molecule has 3 aromatic rings. The van der Waals surface area contributed by atoms with Crippen molar-refractivity contribution in [2.75, 3.05) is 23.9 Å². The van der Waals surface area contributed by atoms with Crippen LogP contribution in [-0.2, 0) is 19.9 Å². The number of likely N-dealkylation sites (N-methyl/N-ethyl adjacent to an activating group) is 1. The molecule has 1 amide bonds. The largest absolute Gasteiger partial charge is 0.445 e. The molecule has 5 rings (SSSR count). The Morgan fingerprint density at radius 1 is 0.871 bits per heavy atom. The first kappa shape index (κ1) is 19.8. The number of nitrogens with zero attached hydrogens (tertiary/aromatic N) is 2. The molecule has 1 spiro atoms. The number of benzene rings is 3. The van der Waals surface area contributed by atoms with Gasteiger partial charge in [0.2, 0.25) is 0 Å². The first-order valence-electron chi connectivity index (χ1n) is 9.88. The Morgan fingerprint density at radius 2 is 1.48 bits per heavy atom. The number of para-hydroxylation sites is 2. The summed E-state index contributed by atoms with van der Waals surface area (Å²) in [6.07, 6.45) is 0. The lowest BCUT2D eigenvalue weighted by molar-refractivity contribution is -0.571. The second-order valence-corrected chi connectivity index (χ2v) is 10.3. The number of ether oxygens (including phenoxy) is 1. The summed E-state index contributed by atoms with van der Waals surface area (Å²) in [4.78, 5) is 30.8. The van der Waals surface area contributed by atoms with E-state index in [0.717, 1.165) is 9.26 Å². The van der Waals surface area contributed by atoms with Crippen molar-refractivity contribution < 1.29 is 35.5 Å². The Balaban J connectivity index is 1.66. The van der Waals surface area contributed by atoms with Crippen LogP contribution in [0.1, 0.15) is 5.56 Å². The molecular formula is C25H20IN2O3+. The van der Waals surface area contributed by atoms with Crippen molar-refractivity contribution in [3.8, 4) is 0 Å². The van der Waals surface area contributed by atoms with Crippen LogP contribution in [0, 0.1) is 3.57 Å². The number of fused-ring (bicyclic) bond motifs is 2. The summed E-state index contributed by atoms with van der Waals surface area (Å²) >= 11 is -0.859. The van der Waals surface area contributed by atoms with E-state index in [0.29, 0.717) is 20.7 Å². The molecule has 154 valence electrons. The highest BCUT2D eigenvalue weighted by molar-refractivity contribution is 6.25. The number of carbonyl (C=O) groups excluding carboxylic acids is 2. The summed E-state index contributed by atoms with van der Waals surface area (Å²) in [5.74, 6) is -0.125. The van der Waals surface area contributed by atoms with Gasteiger partial charge in [-0.25, -0.2) is 0 Å². The van der Waals surface area contributed by atoms with E-state index in [9.17, 15) is 9.59 Å². The second-order valence-electron chi connectivity index (χ2n) is 7.40. The fourth-order valence-corrected chi connectivity index (χ4v) is 6.71. The Morgan fingerprint density at radius 3 is 2.19 bits per heavy atom. The van der Waals surface area contributed by atoms with Crippen molar-refractivity contribution in [2.45, 2.75) is 5.60 Å². The van der Waals surface area contributed by atoms with E-state index in [-0.39, 0.29) is 11.7 Å². The maximum absolute atomic E-state index is 14.0. The summed E-state index contributed by atoms with van der Waals surface area (Å²) in [6, 6.07) is 27.1. The maximum atomic E-state index is 14.0. The van der Waals surface area contributed by atoms with Gasteiger partial charge in [0.05, 0.1) is 5.69 Å². The fourth-order valence-electron chi connectivity index (χ4n) is 3.99. The molecule has 0 fully saturated rings. The van der Waals surface area contributed by atoms with E-state index in [1.54, 1.807) is 7.05 Å². The van der Waals surface area contributed by atoms with E-state index < -0.39 is 26.8 Å². The van der Waals surface area contributed by atoms with Gasteiger partial charge in [-0.15, -0.1) is 0 Å². The molecule has 2 aliphatic rings. The van der Waals surface area contributed by atoms with Gasteiger partial charge in [0.15, 0.2) is 3.57 Å². The van der Waals surface area contributed by atoms with E-state index in [4.69, 9.17) is 4.74 Å². The minimum atomic E-state index is -1.65. The average Bonchev–Trinajstić information content (AvgIpc) is 3.22. The molecule has 3 aromatic carbocycles. The zero-order valence-corrected chi connectivity index (χ0v) is 19.2. The lowest BCUT2D eigenvalue weighted by Crippen LogP contribution is -3.61. The molecule has 0 N–H and O–H groups in total. The van der Waals surface area contributed by atoms with Crippen LogP contribution in [0.15, 0.2) is 94.4 Å². The highest BCUT2D eigenvalue weighted by atomic mass is 127. The molecule has 2 heterocycles. The zero-order valence-electron chi connectivity index (χ0n) is 17.1. The van der Waals surface area contributed by atoms with Crippen molar-refractivity contribution in [3.05, 3.63) is 104 Å². The van der Waals surface area contributed by atoms with E-state index in [1.807, 2.05) is 96.9 Å². The average molecular weight is 523 g/mol. The van der Waals surface area contributed by atoms with Gasteiger partial charge < -0.3 is 14.5 Å². The van der Waals surface area contributed by atoms with E-state index in [2.05, 4.69) is 0 Å². The highest BCUT2D eigenvalue weighted by Crippen LogP contribution is 2.48. The summed E-state index contributed by atoms with van der Waals surface area (Å²) in [6.45, 7) is 0. The number of ketones is 1. The first-order chi connectivity index (χ1) is 15.0. The maximum Gasteiger partial charge on any atom is 0.368 e. The van der Waals surface area contributed by atoms with Crippen LogP contribution in [0.4, 0.5) is 11.4 Å². The smallest absolute Gasteiger partial charge is 0.368 e. The van der Waals surface area contributed by atoms with Gasteiger partial charge in [-0.2, -0.15) is 0 Å². The molecule has 0 saturated heterocycles. The van der Waals surface area contributed by atoms with Crippen molar-refractivity contribution in [3.63, 3.8) is 0 Å². The molecule has 5 nitrogen and oxygen atoms in total. The standard InChI is InChI=1S/C25H20IN2O3/c1-27(18-13-7-4-8-14-18)23-21(26-17-11-5-3-6-12-17)22(29)25(31-23)19-15-9-10-16-20(19)28(2)24(25)30/h3-16H,1-2H3/q+1. The van der Waals surface area contributed by atoms with E-state index in [1.165, 1.54) is 4.90 Å². The minimum absolute atomic E-state index is 0.247. The molecule has 0 aromatic heterocycles. The zero-order chi connectivity index (χ0) is 21.6. The third kappa shape index (κ3) is 2.96. The number of Topliss-reactive ketones (excluding diaryl/α,β-unsaturated/α-hetero) is 1. The summed E-state index contributed by atoms with van der Waals surface area (Å²) in [5, 5.41) is 0. The Hall–Kier alpha value is -3.13. The van der Waals surface area contributed by atoms with Gasteiger partial charge in [-0.1, -0.05) is 54.6 Å². The van der Waals surface area contributed by atoms with Gasteiger partial charge >= 0.3 is 24.8 Å². The molecule has 0 aliphatic carbocycles. The number of rotatable bonds is 4. The predicted octanol–water partition coefficient (Wildman–Crippen LogP) is 0.722. The highest BCUT2D eigenvalue weighted by Gasteiger charge is 2.66. The lowest BCUT2D eigenvalue weighted by Gasteiger charge is -2.25. The van der Waals surface area contributed by atoms with Gasteiger partial charge in [-0.05, 0) is 30.3 Å². The summed E-state index contributed by atoms with van der Waals surface area (Å²) in [7, 11) is 3.57. The lowest BCUT2D eigenvalue weighted by atomic mass is 9.91. The van der Waals surface area contributed by atoms with Gasteiger partial charge in [0, 0.05) is 25.3 Å². The Bertz CT molecular complexity index is 1210. The van der Waals surface area contributed by atoms with Crippen LogP contribution in [0.5, 0.6) is 0 Å². The van der Waals surface area contributed by atoms with E-state index >= 15 is 0 Å². The Kier molecular flexibility index (Phi) is 4.81. The van der Waals surface area contributed by atoms with Crippen molar-refractivity contribution in [1.82, 2.24) is 0 Å². The minimum Gasteiger partial charge on any atom is -0.445 e. The third-order valence-electron chi connectivity index (χ3n) is 5.59. The number of halogens is 1. The molecule has 0 bridgehead atoms. The molecule has 0 saturated carbocycles. The van der Waals surface area contributed by atoms with Crippen LogP contribution < -0.4 is 31.0 Å². The van der Waals surface area contributed by atoms with Crippen LogP contribution in [0.3, 0.4) is 0 Å². The number of anilines is 2.